The molecule has 1 amide bonds. The van der Waals surface area contributed by atoms with Crippen molar-refractivity contribution in [1.82, 2.24) is 5.32 Å². The van der Waals surface area contributed by atoms with Crippen molar-refractivity contribution in [3.63, 3.8) is 0 Å². The Hall–Kier alpha value is -2.41. The summed E-state index contributed by atoms with van der Waals surface area (Å²) in [5.41, 5.74) is 3.31. The SMILES string of the molecule is Cc1ccc(N(CC(=O)NCCCc2ccc(F)cc2)S(C)(=O)=O)c(C)c1. The molecule has 1 N–H and O–H groups in total. The highest BCUT2D eigenvalue weighted by Crippen LogP contribution is 2.23. The Morgan fingerprint density at radius 1 is 1.11 bits per heavy atom. The van der Waals surface area contributed by atoms with Crippen molar-refractivity contribution in [2.24, 2.45) is 0 Å². The van der Waals surface area contributed by atoms with Gasteiger partial charge in [-0.2, -0.15) is 0 Å². The van der Waals surface area contributed by atoms with Gasteiger partial charge in [-0.3, -0.25) is 9.10 Å². The zero-order valence-electron chi connectivity index (χ0n) is 15.8. The van der Waals surface area contributed by atoms with Crippen LogP contribution in [0, 0.1) is 19.7 Å². The molecule has 0 radical (unpaired) electrons. The summed E-state index contributed by atoms with van der Waals surface area (Å²) >= 11 is 0. The van der Waals surface area contributed by atoms with E-state index in [0.717, 1.165) is 27.3 Å². The van der Waals surface area contributed by atoms with Crippen molar-refractivity contribution < 1.29 is 17.6 Å². The number of carbonyl (C=O) groups excluding carboxylic acids is 1. The van der Waals surface area contributed by atoms with Crippen LogP contribution in [0.25, 0.3) is 0 Å². The van der Waals surface area contributed by atoms with Gasteiger partial charge in [0.1, 0.15) is 12.4 Å². The normalized spacial score (nSPS) is 11.3. The highest BCUT2D eigenvalue weighted by molar-refractivity contribution is 7.92. The number of carbonyl (C=O) groups is 1. The fraction of sp³-hybridized carbons (Fsp3) is 0.350. The van der Waals surface area contributed by atoms with Gasteiger partial charge in [0, 0.05) is 6.54 Å². The summed E-state index contributed by atoms with van der Waals surface area (Å²) in [5.74, 6) is -0.640. The molecule has 0 aliphatic heterocycles. The zero-order valence-corrected chi connectivity index (χ0v) is 16.6. The summed E-state index contributed by atoms with van der Waals surface area (Å²) in [5, 5.41) is 2.75. The van der Waals surface area contributed by atoms with Gasteiger partial charge in [-0.05, 0) is 56.0 Å². The minimum atomic E-state index is -3.59. The van der Waals surface area contributed by atoms with E-state index < -0.39 is 10.0 Å². The molecule has 2 aromatic carbocycles. The third-order valence-electron chi connectivity index (χ3n) is 4.19. The molecule has 0 aliphatic carbocycles. The van der Waals surface area contributed by atoms with E-state index in [1.54, 1.807) is 18.2 Å². The summed E-state index contributed by atoms with van der Waals surface area (Å²) < 4.78 is 38.3. The van der Waals surface area contributed by atoms with E-state index >= 15 is 0 Å². The van der Waals surface area contributed by atoms with Crippen LogP contribution in [0.5, 0.6) is 0 Å². The predicted molar refractivity (Wildman–Crippen MR) is 106 cm³/mol. The number of hydrogen-bond acceptors (Lipinski definition) is 3. The van der Waals surface area contributed by atoms with Crippen molar-refractivity contribution in [1.29, 1.82) is 0 Å². The largest absolute Gasteiger partial charge is 0.355 e. The second-order valence-corrected chi connectivity index (χ2v) is 8.55. The van der Waals surface area contributed by atoms with Crippen molar-refractivity contribution in [3.8, 4) is 0 Å². The minimum absolute atomic E-state index is 0.265. The molecule has 0 atom stereocenters. The number of nitrogens with zero attached hydrogens (tertiary/aromatic N) is 1. The lowest BCUT2D eigenvalue weighted by atomic mass is 10.1. The minimum Gasteiger partial charge on any atom is -0.355 e. The van der Waals surface area contributed by atoms with Crippen LogP contribution < -0.4 is 9.62 Å². The van der Waals surface area contributed by atoms with Gasteiger partial charge < -0.3 is 5.32 Å². The lowest BCUT2D eigenvalue weighted by molar-refractivity contribution is -0.119. The van der Waals surface area contributed by atoms with Gasteiger partial charge in [0.2, 0.25) is 15.9 Å². The molecule has 2 rings (SSSR count). The maximum absolute atomic E-state index is 12.9. The van der Waals surface area contributed by atoms with Crippen LogP contribution in [-0.4, -0.2) is 33.7 Å². The van der Waals surface area contributed by atoms with Crippen LogP contribution in [-0.2, 0) is 21.2 Å². The molecule has 0 aromatic heterocycles. The third kappa shape index (κ3) is 6.36. The van der Waals surface area contributed by atoms with Gasteiger partial charge >= 0.3 is 0 Å². The molecule has 146 valence electrons. The molecule has 0 bridgehead atoms. The molecule has 0 heterocycles. The van der Waals surface area contributed by atoms with Crippen LogP contribution >= 0.6 is 0 Å². The Morgan fingerprint density at radius 3 is 2.37 bits per heavy atom. The highest BCUT2D eigenvalue weighted by Gasteiger charge is 2.22. The first-order chi connectivity index (χ1) is 12.7. The number of anilines is 1. The van der Waals surface area contributed by atoms with E-state index in [0.29, 0.717) is 25.1 Å². The third-order valence-corrected chi connectivity index (χ3v) is 5.31. The molecule has 27 heavy (non-hydrogen) atoms. The molecule has 0 fully saturated rings. The molecular weight excluding hydrogens is 367 g/mol. The van der Waals surface area contributed by atoms with Gasteiger partial charge in [-0.1, -0.05) is 29.8 Å². The molecule has 0 unspecified atom stereocenters. The van der Waals surface area contributed by atoms with Crippen LogP contribution in [0.1, 0.15) is 23.1 Å². The molecule has 0 aliphatic rings. The Morgan fingerprint density at radius 2 is 1.78 bits per heavy atom. The number of amides is 1. The van der Waals surface area contributed by atoms with E-state index in [1.807, 2.05) is 26.0 Å². The molecular formula is C20H25FN2O3S. The summed E-state index contributed by atoms with van der Waals surface area (Å²) in [4.78, 5) is 12.2. The number of sulfonamides is 1. The second kappa shape index (κ2) is 8.99. The fourth-order valence-corrected chi connectivity index (χ4v) is 3.74. The Bertz CT molecular complexity index is 896. The maximum Gasteiger partial charge on any atom is 0.240 e. The van der Waals surface area contributed by atoms with Gasteiger partial charge in [-0.15, -0.1) is 0 Å². The Labute approximate surface area is 160 Å². The second-order valence-electron chi connectivity index (χ2n) is 6.64. The number of benzene rings is 2. The predicted octanol–water partition coefficient (Wildman–Crippen LogP) is 2.96. The first-order valence-corrected chi connectivity index (χ1v) is 10.6. The van der Waals surface area contributed by atoms with Gasteiger partial charge in [-0.25, -0.2) is 12.8 Å². The van der Waals surface area contributed by atoms with Crippen LogP contribution in [0.4, 0.5) is 10.1 Å². The number of aryl methyl sites for hydroxylation is 3. The average Bonchev–Trinajstić information content (AvgIpc) is 2.58. The Kier molecular flexibility index (Phi) is 6.96. The van der Waals surface area contributed by atoms with Gasteiger partial charge in [0.15, 0.2) is 0 Å². The lowest BCUT2D eigenvalue weighted by Crippen LogP contribution is -2.41. The van der Waals surface area contributed by atoms with E-state index in [9.17, 15) is 17.6 Å². The topological polar surface area (TPSA) is 66.5 Å². The maximum atomic E-state index is 12.9. The van der Waals surface area contributed by atoms with E-state index in [2.05, 4.69) is 5.32 Å². The van der Waals surface area contributed by atoms with Crippen LogP contribution in [0.15, 0.2) is 42.5 Å². The summed E-state index contributed by atoms with van der Waals surface area (Å²) in [6.07, 6.45) is 2.47. The summed E-state index contributed by atoms with van der Waals surface area (Å²) in [7, 11) is -3.59. The molecule has 0 spiro atoms. The molecule has 0 saturated carbocycles. The van der Waals surface area contributed by atoms with E-state index in [4.69, 9.17) is 0 Å². The molecule has 0 saturated heterocycles. The lowest BCUT2D eigenvalue weighted by Gasteiger charge is -2.24. The van der Waals surface area contributed by atoms with Crippen molar-refractivity contribution in [2.45, 2.75) is 26.7 Å². The van der Waals surface area contributed by atoms with E-state index in [-0.39, 0.29) is 18.3 Å². The van der Waals surface area contributed by atoms with Crippen molar-refractivity contribution >= 4 is 21.6 Å². The number of nitrogens with one attached hydrogen (secondary N) is 1. The molecule has 2 aromatic rings. The number of halogens is 1. The fourth-order valence-electron chi connectivity index (χ4n) is 2.82. The number of hydrogen-bond donors (Lipinski definition) is 1. The zero-order chi connectivity index (χ0) is 20.0. The number of rotatable bonds is 8. The van der Waals surface area contributed by atoms with Crippen molar-refractivity contribution in [2.75, 3.05) is 23.7 Å². The first-order valence-electron chi connectivity index (χ1n) is 8.73. The standard InChI is InChI=1S/C20H25FN2O3S/c1-15-6-11-19(16(2)13-15)23(27(3,25)26)14-20(24)22-12-4-5-17-7-9-18(21)10-8-17/h6-11,13H,4-5,12,14H2,1-3H3,(H,22,24). The first kappa shape index (κ1) is 20.9. The van der Waals surface area contributed by atoms with E-state index in [1.165, 1.54) is 12.1 Å². The molecule has 7 heteroatoms. The van der Waals surface area contributed by atoms with Crippen LogP contribution in [0.2, 0.25) is 0 Å². The summed E-state index contributed by atoms with van der Waals surface area (Å²) in [6.45, 7) is 3.90. The van der Waals surface area contributed by atoms with Crippen LogP contribution in [0.3, 0.4) is 0 Å². The van der Waals surface area contributed by atoms with Gasteiger partial charge in [0.05, 0.1) is 11.9 Å². The smallest absolute Gasteiger partial charge is 0.240 e. The average molecular weight is 392 g/mol. The molecule has 5 nitrogen and oxygen atoms in total. The van der Waals surface area contributed by atoms with Crippen molar-refractivity contribution in [3.05, 3.63) is 65.0 Å². The Balaban J connectivity index is 1.93. The quantitative estimate of drug-likeness (QED) is 0.703. The highest BCUT2D eigenvalue weighted by atomic mass is 32.2. The summed E-state index contributed by atoms with van der Waals surface area (Å²) in [6, 6.07) is 11.7. The monoisotopic (exact) mass is 392 g/mol. The van der Waals surface area contributed by atoms with Gasteiger partial charge in [0.25, 0.3) is 0 Å².